The van der Waals surface area contributed by atoms with E-state index in [1.165, 1.54) is 26.2 Å². The van der Waals surface area contributed by atoms with Gasteiger partial charge in [0.1, 0.15) is 30.5 Å². The van der Waals surface area contributed by atoms with Crippen LogP contribution >= 0.6 is 0 Å². The van der Waals surface area contributed by atoms with E-state index < -0.39 is 52.0 Å². The average Bonchev–Trinajstić information content (AvgIpc) is 3.34. The van der Waals surface area contributed by atoms with Crippen LogP contribution < -0.4 is 24.4 Å². The van der Waals surface area contributed by atoms with Crippen LogP contribution in [0.3, 0.4) is 0 Å². The van der Waals surface area contributed by atoms with E-state index in [2.05, 4.69) is 15.4 Å². The number of nitrogens with zero attached hydrogens (tertiary/aromatic N) is 1. The first-order valence-electron chi connectivity index (χ1n) is 15.9. The first-order valence-corrected chi connectivity index (χ1v) is 17.4. The summed E-state index contributed by atoms with van der Waals surface area (Å²) in [4.78, 5) is 51.8. The molecule has 0 radical (unpaired) electrons. The predicted molar refractivity (Wildman–Crippen MR) is 186 cm³/mol. The molecular weight excluding hydrogens is 660 g/mol. The zero-order valence-corrected chi connectivity index (χ0v) is 28.4. The first kappa shape index (κ1) is 35.6. The first-order chi connectivity index (χ1) is 24.0. The molecule has 3 amide bonds. The van der Waals surface area contributed by atoms with Crippen LogP contribution in [0.2, 0.25) is 0 Å². The summed E-state index contributed by atoms with van der Waals surface area (Å²) in [6.45, 7) is 1.29. The van der Waals surface area contributed by atoms with Gasteiger partial charge in [-0.3, -0.25) is 14.4 Å². The zero-order valence-electron chi connectivity index (χ0n) is 27.6. The van der Waals surface area contributed by atoms with Crippen molar-refractivity contribution in [3.05, 3.63) is 131 Å². The third kappa shape index (κ3) is 9.26. The molecule has 5 rings (SSSR count). The lowest BCUT2D eigenvalue weighted by Gasteiger charge is -2.24. The Morgan fingerprint density at radius 3 is 1.92 bits per heavy atom. The number of carbonyl (C=O) groups excluding carboxylic acids is 4. The van der Waals surface area contributed by atoms with Gasteiger partial charge in [0.25, 0.3) is 5.91 Å². The van der Waals surface area contributed by atoms with Gasteiger partial charge in [-0.2, -0.15) is 8.42 Å². The lowest BCUT2D eigenvalue weighted by Crippen LogP contribution is -2.53. The monoisotopic (exact) mass is 698 g/mol. The normalized spacial score (nSPS) is 16.1. The molecule has 1 fully saturated rings. The highest BCUT2D eigenvalue weighted by atomic mass is 32.2. The molecule has 0 aromatic heterocycles. The summed E-state index contributed by atoms with van der Waals surface area (Å²) in [6.07, 6.45) is 0.315. The van der Waals surface area contributed by atoms with Crippen molar-refractivity contribution in [1.29, 1.82) is 0 Å². The predicted octanol–water partition coefficient (Wildman–Crippen LogP) is 3.01. The number of nitrogens with one attached hydrogen (secondary N) is 3. The average molecular weight is 699 g/mol. The lowest BCUT2D eigenvalue weighted by atomic mass is 10.0. The number of carbonyl (C=O) groups is 4. The molecule has 1 aliphatic rings. The third-order valence-corrected chi connectivity index (χ3v) is 9.54. The molecular formula is C37H38N4O8S. The molecule has 12 nitrogen and oxygen atoms in total. The number of hydrogen-bond donors (Lipinski definition) is 3. The number of hydrogen-bond acceptors (Lipinski definition) is 8. The molecule has 4 aromatic carbocycles. The Labute approximate surface area is 291 Å². The Morgan fingerprint density at radius 1 is 0.760 bits per heavy atom. The van der Waals surface area contributed by atoms with E-state index in [0.717, 1.165) is 21.0 Å². The van der Waals surface area contributed by atoms with Gasteiger partial charge < -0.3 is 20.1 Å². The summed E-state index contributed by atoms with van der Waals surface area (Å²) >= 11 is 0. The van der Waals surface area contributed by atoms with Crippen molar-refractivity contribution in [1.82, 2.24) is 15.4 Å². The summed E-state index contributed by atoms with van der Waals surface area (Å²) < 4.78 is 40.0. The van der Waals surface area contributed by atoms with Crippen LogP contribution in [0.15, 0.2) is 109 Å². The summed E-state index contributed by atoms with van der Waals surface area (Å²) in [7, 11) is -2.63. The van der Waals surface area contributed by atoms with Gasteiger partial charge in [0.15, 0.2) is 0 Å². The minimum absolute atomic E-state index is 0.00300. The Hall–Kier alpha value is -5.69. The molecule has 1 heterocycles. The van der Waals surface area contributed by atoms with E-state index in [9.17, 15) is 27.6 Å². The Balaban J connectivity index is 1.36. The highest BCUT2D eigenvalue weighted by molar-refractivity contribution is 7.92. The molecule has 260 valence electrons. The number of rotatable bonds is 14. The van der Waals surface area contributed by atoms with Crippen LogP contribution in [0, 0.1) is 0 Å². The summed E-state index contributed by atoms with van der Waals surface area (Å²) in [5.74, 6) is -1.70. The molecule has 13 heteroatoms. The SMILES string of the molecule is COc1ccc(C[C@H]2C(=O)NS(=O)(=O)N2c2ccc(C[C@H](NC(=O)[C@H](Cc3ccccc3)NC(C)=O)C(=O)OCc3ccccc3)cc2)cc1. The van der Waals surface area contributed by atoms with E-state index in [1.54, 1.807) is 48.5 Å². The van der Waals surface area contributed by atoms with Gasteiger partial charge in [-0.15, -0.1) is 0 Å². The van der Waals surface area contributed by atoms with Gasteiger partial charge in [-0.25, -0.2) is 13.8 Å². The Kier molecular flexibility index (Phi) is 11.5. The lowest BCUT2D eigenvalue weighted by molar-refractivity contribution is -0.149. The number of methoxy groups -OCH3 is 1. The maximum absolute atomic E-state index is 13.6. The van der Waals surface area contributed by atoms with Gasteiger partial charge >= 0.3 is 16.2 Å². The van der Waals surface area contributed by atoms with Gasteiger partial charge in [-0.05, 0) is 46.5 Å². The molecule has 0 aliphatic carbocycles. The largest absolute Gasteiger partial charge is 0.497 e. The summed E-state index contributed by atoms with van der Waals surface area (Å²) in [5, 5.41) is 5.43. The second kappa shape index (κ2) is 16.1. The molecule has 1 aliphatic heterocycles. The molecule has 0 saturated carbocycles. The highest BCUT2D eigenvalue weighted by Gasteiger charge is 2.44. The Bertz CT molecular complexity index is 1900. The minimum atomic E-state index is -4.17. The Morgan fingerprint density at radius 2 is 1.32 bits per heavy atom. The van der Waals surface area contributed by atoms with Crippen molar-refractivity contribution in [3.8, 4) is 5.75 Å². The summed E-state index contributed by atoms with van der Waals surface area (Å²) in [5.41, 5.74) is 3.14. The molecule has 1 saturated heterocycles. The van der Waals surface area contributed by atoms with Crippen molar-refractivity contribution < 1.29 is 37.1 Å². The van der Waals surface area contributed by atoms with Crippen molar-refractivity contribution >= 4 is 39.6 Å². The van der Waals surface area contributed by atoms with Crippen LogP contribution in [-0.2, 0) is 60.0 Å². The second-order valence-electron chi connectivity index (χ2n) is 11.8. The van der Waals surface area contributed by atoms with E-state index in [-0.39, 0.29) is 31.6 Å². The fraction of sp³-hybridized carbons (Fsp3) is 0.243. The number of benzene rings is 4. The van der Waals surface area contributed by atoms with Gasteiger partial charge in [0, 0.05) is 26.2 Å². The van der Waals surface area contributed by atoms with Crippen LogP contribution in [-0.4, -0.2) is 57.3 Å². The number of anilines is 1. The molecule has 4 aromatic rings. The van der Waals surface area contributed by atoms with Crippen LogP contribution in [0.1, 0.15) is 29.2 Å². The van der Waals surface area contributed by atoms with E-state index in [1.807, 2.05) is 48.5 Å². The number of amides is 3. The maximum atomic E-state index is 13.6. The number of esters is 1. The second-order valence-corrected chi connectivity index (χ2v) is 13.4. The van der Waals surface area contributed by atoms with E-state index >= 15 is 0 Å². The molecule has 0 spiro atoms. The molecule has 3 atom stereocenters. The van der Waals surface area contributed by atoms with E-state index in [4.69, 9.17) is 9.47 Å². The van der Waals surface area contributed by atoms with Crippen molar-refractivity contribution in [2.24, 2.45) is 0 Å². The zero-order chi connectivity index (χ0) is 35.7. The third-order valence-electron chi connectivity index (χ3n) is 8.09. The van der Waals surface area contributed by atoms with Crippen LogP contribution in [0.25, 0.3) is 0 Å². The molecule has 0 bridgehead atoms. The van der Waals surface area contributed by atoms with Crippen LogP contribution in [0.4, 0.5) is 5.69 Å². The molecule has 3 N–H and O–H groups in total. The standard InChI is InChI=1S/C37H38N4O8S/c1-25(42)38-32(21-26-9-5-3-6-10-26)35(43)39-33(37(45)49-24-29-11-7-4-8-12-29)22-27-13-17-30(18-14-27)41-34(36(44)40-50(41,46)47)23-28-15-19-31(48-2)20-16-28/h3-20,32-34H,21-24H2,1-2H3,(H,38,42)(H,39,43)(H,40,44)/t32-,33-,34-/m0/s1. The van der Waals surface area contributed by atoms with Crippen molar-refractivity contribution in [2.45, 2.75) is 50.9 Å². The van der Waals surface area contributed by atoms with Gasteiger partial charge in [-0.1, -0.05) is 84.9 Å². The highest BCUT2D eigenvalue weighted by Crippen LogP contribution is 2.28. The van der Waals surface area contributed by atoms with Gasteiger partial charge in [0.2, 0.25) is 11.8 Å². The fourth-order valence-electron chi connectivity index (χ4n) is 5.61. The van der Waals surface area contributed by atoms with Gasteiger partial charge in [0.05, 0.1) is 12.8 Å². The van der Waals surface area contributed by atoms with E-state index in [0.29, 0.717) is 11.3 Å². The fourth-order valence-corrected chi connectivity index (χ4v) is 7.00. The summed E-state index contributed by atoms with van der Waals surface area (Å²) in [6, 6.07) is 28.4. The number of ether oxygens (including phenoxy) is 2. The quantitative estimate of drug-likeness (QED) is 0.170. The molecule has 0 unspecified atom stereocenters. The van der Waals surface area contributed by atoms with Crippen LogP contribution in [0.5, 0.6) is 5.75 Å². The topological polar surface area (TPSA) is 160 Å². The minimum Gasteiger partial charge on any atom is -0.497 e. The maximum Gasteiger partial charge on any atom is 0.329 e. The van der Waals surface area contributed by atoms with Crippen molar-refractivity contribution in [3.63, 3.8) is 0 Å². The molecule has 50 heavy (non-hydrogen) atoms. The smallest absolute Gasteiger partial charge is 0.329 e. The van der Waals surface area contributed by atoms with Crippen molar-refractivity contribution in [2.75, 3.05) is 11.4 Å².